The molecule has 0 saturated heterocycles. The average molecular weight is 579 g/mol. The number of alkyl halides is 3. The highest BCUT2D eigenvalue weighted by atomic mass is 35.5. The number of ether oxygens (including phenoxy) is 1. The Bertz CT molecular complexity index is 1570. The van der Waals surface area contributed by atoms with Crippen LogP contribution in [-0.4, -0.2) is 22.3 Å². The zero-order valence-corrected chi connectivity index (χ0v) is 21.6. The molecule has 2 heterocycles. The van der Waals surface area contributed by atoms with E-state index in [1.807, 2.05) is 0 Å². The first-order valence-electron chi connectivity index (χ1n) is 11.2. The zero-order valence-electron chi connectivity index (χ0n) is 19.3. The molecule has 5 rings (SSSR count). The lowest BCUT2D eigenvalue weighted by molar-refractivity contribution is -0.260. The van der Waals surface area contributed by atoms with Crippen molar-refractivity contribution < 1.29 is 22.7 Å². The lowest BCUT2D eigenvalue weighted by Gasteiger charge is -2.32. The summed E-state index contributed by atoms with van der Waals surface area (Å²) >= 11 is 18.4. The summed E-state index contributed by atoms with van der Waals surface area (Å²) < 4.78 is 48.2. The summed E-state index contributed by atoms with van der Waals surface area (Å²) in [6, 6.07) is 15.7. The molecule has 1 aliphatic rings. The van der Waals surface area contributed by atoms with E-state index in [0.717, 1.165) is 6.26 Å². The molecule has 1 aliphatic heterocycles. The van der Waals surface area contributed by atoms with E-state index in [9.17, 15) is 18.0 Å². The van der Waals surface area contributed by atoms with Gasteiger partial charge in [0.25, 0.3) is 5.91 Å². The van der Waals surface area contributed by atoms with Crippen LogP contribution in [0.4, 0.5) is 13.2 Å². The van der Waals surface area contributed by atoms with Gasteiger partial charge < -0.3 is 10.1 Å². The van der Waals surface area contributed by atoms with Gasteiger partial charge in [0, 0.05) is 39.0 Å². The number of carbonyl (C=O) groups excluding carboxylic acids is 1. The molecule has 5 nitrogen and oxygen atoms in total. The number of nitrogens with zero attached hydrogens (tertiary/aromatic N) is 2. The number of benzene rings is 3. The molecule has 0 spiro atoms. The van der Waals surface area contributed by atoms with Crippen molar-refractivity contribution in [3.05, 3.63) is 110 Å². The second kappa shape index (κ2) is 10.1. The Kier molecular flexibility index (Phi) is 6.98. The van der Waals surface area contributed by atoms with Crippen molar-refractivity contribution in [2.75, 3.05) is 0 Å². The van der Waals surface area contributed by atoms with Crippen molar-refractivity contribution in [3.63, 3.8) is 0 Å². The lowest BCUT2D eigenvalue weighted by atomic mass is 9.86. The Morgan fingerprint density at radius 1 is 1.03 bits per heavy atom. The molecule has 0 aliphatic carbocycles. The van der Waals surface area contributed by atoms with Gasteiger partial charge >= 0.3 is 6.18 Å². The van der Waals surface area contributed by atoms with Crippen LogP contribution in [-0.2, 0) is 16.9 Å². The zero-order chi connectivity index (χ0) is 27.1. The Morgan fingerprint density at radius 2 is 1.76 bits per heavy atom. The van der Waals surface area contributed by atoms with E-state index in [1.165, 1.54) is 24.4 Å². The number of rotatable bonds is 5. The minimum absolute atomic E-state index is 0.0677. The Morgan fingerprint density at radius 3 is 2.47 bits per heavy atom. The predicted molar refractivity (Wildman–Crippen MR) is 140 cm³/mol. The summed E-state index contributed by atoms with van der Waals surface area (Å²) in [7, 11) is 0. The minimum atomic E-state index is -4.75. The molecule has 194 valence electrons. The summed E-state index contributed by atoms with van der Waals surface area (Å²) in [6.45, 7) is 0.0949. The summed E-state index contributed by atoms with van der Waals surface area (Å²) in [4.78, 5) is 12.8. The van der Waals surface area contributed by atoms with Crippen LogP contribution in [0.2, 0.25) is 15.1 Å². The van der Waals surface area contributed by atoms with Crippen molar-refractivity contribution in [3.8, 4) is 0 Å². The maximum atomic E-state index is 14.3. The second-order valence-electron chi connectivity index (χ2n) is 8.68. The highest BCUT2D eigenvalue weighted by Crippen LogP contribution is 2.52. The predicted octanol–water partition coefficient (Wildman–Crippen LogP) is 7.74. The number of fused-ring (bicyclic) bond motifs is 1. The third kappa shape index (κ3) is 4.91. The number of aromatic nitrogens is 2. The molecule has 11 heteroatoms. The fraction of sp³-hybridized carbons (Fsp3) is 0.148. The summed E-state index contributed by atoms with van der Waals surface area (Å²) in [5.74, 6) is -0.363. The largest absolute Gasteiger partial charge is 0.480 e. The normalized spacial score (nSPS) is 17.3. The molecule has 38 heavy (non-hydrogen) atoms. The highest BCUT2D eigenvalue weighted by molar-refractivity contribution is 6.34. The molecule has 4 aromatic rings. The SMILES string of the molecule is O=C(NCc1ccc(C2=COC(c3cc(Cl)cc(Cl)c3)(C(F)(F)F)C2)cc1Cl)c1cnnc2ccccc12. The molecule has 0 radical (unpaired) electrons. The highest BCUT2D eigenvalue weighted by Gasteiger charge is 2.60. The first-order chi connectivity index (χ1) is 18.1. The average Bonchev–Trinajstić information content (AvgIpc) is 3.34. The summed E-state index contributed by atoms with van der Waals surface area (Å²) in [5.41, 5.74) is -0.558. The number of hydrogen-bond donors (Lipinski definition) is 1. The van der Waals surface area contributed by atoms with Gasteiger partial charge in [0.2, 0.25) is 5.60 Å². The van der Waals surface area contributed by atoms with Crippen LogP contribution in [0.15, 0.2) is 73.1 Å². The fourth-order valence-electron chi connectivity index (χ4n) is 4.33. The van der Waals surface area contributed by atoms with Crippen LogP contribution in [0.5, 0.6) is 0 Å². The molecule has 0 fully saturated rings. The first-order valence-corrected chi connectivity index (χ1v) is 12.4. The van der Waals surface area contributed by atoms with Gasteiger partial charge in [-0.25, -0.2) is 0 Å². The number of amides is 1. The Labute approximate surface area is 230 Å². The molecule has 1 aromatic heterocycles. The van der Waals surface area contributed by atoms with E-state index in [-0.39, 0.29) is 33.1 Å². The van der Waals surface area contributed by atoms with Crippen LogP contribution in [0.1, 0.15) is 33.5 Å². The van der Waals surface area contributed by atoms with Crippen molar-refractivity contribution in [2.24, 2.45) is 0 Å². The van der Waals surface area contributed by atoms with Gasteiger partial charge in [-0.2, -0.15) is 23.4 Å². The van der Waals surface area contributed by atoms with Gasteiger partial charge in [-0.3, -0.25) is 4.79 Å². The van der Waals surface area contributed by atoms with Crippen molar-refractivity contribution >= 4 is 57.2 Å². The summed E-state index contributed by atoms with van der Waals surface area (Å²) in [6.07, 6.45) is -2.78. The molecular formula is C27H17Cl3F3N3O2. The molecule has 1 amide bonds. The third-order valence-corrected chi connectivity index (χ3v) is 7.07. The quantitative estimate of drug-likeness (QED) is 0.263. The second-order valence-corrected chi connectivity index (χ2v) is 9.96. The van der Waals surface area contributed by atoms with Gasteiger partial charge in [-0.1, -0.05) is 65.1 Å². The molecule has 1 unspecified atom stereocenters. The van der Waals surface area contributed by atoms with Gasteiger partial charge in [0.05, 0.1) is 23.5 Å². The van der Waals surface area contributed by atoms with E-state index >= 15 is 0 Å². The molecule has 3 aromatic carbocycles. The van der Waals surface area contributed by atoms with E-state index in [2.05, 4.69) is 15.5 Å². The van der Waals surface area contributed by atoms with Crippen molar-refractivity contribution in [2.45, 2.75) is 24.7 Å². The Hall–Kier alpha value is -3.33. The number of nitrogens with one attached hydrogen (secondary N) is 1. The number of halogens is 6. The minimum Gasteiger partial charge on any atom is -0.480 e. The first kappa shape index (κ1) is 26.3. The van der Waals surface area contributed by atoms with Gasteiger partial charge in [0.15, 0.2) is 0 Å². The van der Waals surface area contributed by atoms with Crippen LogP contribution in [0, 0.1) is 0 Å². The van der Waals surface area contributed by atoms with E-state index < -0.39 is 18.2 Å². The standard InChI is InChI=1S/C27H17Cl3F3N3O2/c28-19-8-18(9-20(29)10-19)26(27(31,32)33)11-17(14-38-26)15-5-6-16(23(30)7-15)12-34-25(37)22-13-35-36-24-4-2-1-3-21(22)24/h1-10,13-14H,11-12H2,(H,34,37). The van der Waals surface area contributed by atoms with Crippen LogP contribution >= 0.6 is 34.8 Å². The molecule has 1 atom stereocenters. The van der Waals surface area contributed by atoms with Crippen molar-refractivity contribution in [1.29, 1.82) is 0 Å². The van der Waals surface area contributed by atoms with Crippen LogP contribution < -0.4 is 5.32 Å². The molecule has 0 saturated carbocycles. The molecule has 1 N–H and O–H groups in total. The van der Waals surface area contributed by atoms with E-state index in [0.29, 0.717) is 33.2 Å². The van der Waals surface area contributed by atoms with Gasteiger partial charge in [0.1, 0.15) is 0 Å². The number of carbonyl (C=O) groups is 1. The smallest absolute Gasteiger partial charge is 0.432 e. The van der Waals surface area contributed by atoms with Gasteiger partial charge in [-0.15, -0.1) is 0 Å². The topological polar surface area (TPSA) is 64.1 Å². The van der Waals surface area contributed by atoms with E-state index in [1.54, 1.807) is 42.5 Å². The van der Waals surface area contributed by atoms with Crippen LogP contribution in [0.3, 0.4) is 0 Å². The maximum Gasteiger partial charge on any atom is 0.432 e. The molecular weight excluding hydrogens is 562 g/mol. The van der Waals surface area contributed by atoms with Gasteiger partial charge in [-0.05, 0) is 47.0 Å². The third-order valence-electron chi connectivity index (χ3n) is 6.28. The van der Waals surface area contributed by atoms with Crippen LogP contribution in [0.25, 0.3) is 16.5 Å². The maximum absolute atomic E-state index is 14.3. The molecule has 0 bridgehead atoms. The van der Waals surface area contributed by atoms with Crippen molar-refractivity contribution in [1.82, 2.24) is 15.5 Å². The monoisotopic (exact) mass is 577 g/mol. The summed E-state index contributed by atoms with van der Waals surface area (Å²) in [5, 5.41) is 11.7. The lowest BCUT2D eigenvalue weighted by Crippen LogP contribution is -2.42. The fourth-order valence-corrected chi connectivity index (χ4v) is 5.10. The van der Waals surface area contributed by atoms with E-state index in [4.69, 9.17) is 39.5 Å². The Balaban J connectivity index is 1.34. The number of hydrogen-bond acceptors (Lipinski definition) is 4.